The van der Waals surface area contributed by atoms with Crippen LogP contribution in [0.4, 0.5) is 4.39 Å². The highest BCUT2D eigenvalue weighted by molar-refractivity contribution is 5.77. The molecular weight excluding hydrogens is 137 g/mol. The van der Waals surface area contributed by atoms with Crippen LogP contribution in [0.2, 0.25) is 0 Å². The highest BCUT2D eigenvalue weighted by Gasteiger charge is 2.23. The normalized spacial score (nSPS) is 33.6. The molecule has 4 nitrogen and oxygen atoms in total. The summed E-state index contributed by atoms with van der Waals surface area (Å²) in [5, 5.41) is 7.66. The molecule has 1 heterocycles. The van der Waals surface area contributed by atoms with Crippen LogP contribution in [0.25, 0.3) is 0 Å². The van der Waals surface area contributed by atoms with Crippen LogP contribution in [0.15, 0.2) is 0 Å². The summed E-state index contributed by atoms with van der Waals surface area (Å²) in [6.45, 7) is 0. The monoisotopic (exact) mass is 147 g/mol. The Balaban J connectivity index is 2.42. The minimum Gasteiger partial charge on any atom is -0.328 e. The molecule has 0 aromatic heterocycles. The van der Waals surface area contributed by atoms with Crippen LogP contribution < -0.4 is 16.0 Å². The van der Waals surface area contributed by atoms with Crippen molar-refractivity contribution in [1.82, 2.24) is 16.0 Å². The van der Waals surface area contributed by atoms with Crippen molar-refractivity contribution < 1.29 is 9.18 Å². The summed E-state index contributed by atoms with van der Waals surface area (Å²) >= 11 is 0. The van der Waals surface area contributed by atoms with Gasteiger partial charge in [0.15, 0.2) is 6.30 Å². The van der Waals surface area contributed by atoms with Crippen LogP contribution in [0.1, 0.15) is 6.42 Å². The van der Waals surface area contributed by atoms with E-state index in [0.717, 1.165) is 0 Å². The van der Waals surface area contributed by atoms with Crippen molar-refractivity contribution in [3.8, 4) is 0 Å². The molecular formula is C5H10FN3O. The van der Waals surface area contributed by atoms with Crippen LogP contribution in [0.5, 0.6) is 0 Å². The average molecular weight is 147 g/mol. The number of hydrogen-bond acceptors (Lipinski definition) is 3. The number of alkyl halides is 1. The summed E-state index contributed by atoms with van der Waals surface area (Å²) in [5.74, 6) is -0.273. The Bertz CT molecular complexity index is 141. The first-order valence-electron chi connectivity index (χ1n) is 3.09. The van der Waals surface area contributed by atoms with Crippen molar-refractivity contribution in [2.75, 3.05) is 7.05 Å². The third-order valence-electron chi connectivity index (χ3n) is 1.31. The van der Waals surface area contributed by atoms with Gasteiger partial charge in [-0.15, -0.1) is 0 Å². The van der Waals surface area contributed by atoms with E-state index in [-0.39, 0.29) is 12.3 Å². The molecule has 0 aliphatic carbocycles. The number of nitrogens with one attached hydrogen (secondary N) is 3. The van der Waals surface area contributed by atoms with E-state index in [1.165, 1.54) is 0 Å². The van der Waals surface area contributed by atoms with E-state index in [2.05, 4.69) is 16.0 Å². The van der Waals surface area contributed by atoms with Crippen molar-refractivity contribution in [3.05, 3.63) is 0 Å². The summed E-state index contributed by atoms with van der Waals surface area (Å²) in [7, 11) is 1.63. The second kappa shape index (κ2) is 2.94. The lowest BCUT2D eigenvalue weighted by Gasteiger charge is -2.26. The van der Waals surface area contributed by atoms with E-state index >= 15 is 0 Å². The molecule has 0 spiro atoms. The standard InChI is InChI=1S/C5H10FN3O/c1-7-5-8-3(6)2-4(10)9-5/h3,5,7-8H,2H2,1H3,(H,9,10). The van der Waals surface area contributed by atoms with E-state index in [1.54, 1.807) is 7.05 Å². The lowest BCUT2D eigenvalue weighted by Crippen LogP contribution is -2.60. The Morgan fingerprint density at radius 2 is 2.50 bits per heavy atom. The zero-order valence-corrected chi connectivity index (χ0v) is 5.65. The van der Waals surface area contributed by atoms with Gasteiger partial charge in [0.05, 0.1) is 6.42 Å². The van der Waals surface area contributed by atoms with Gasteiger partial charge in [0, 0.05) is 0 Å². The molecule has 1 aliphatic heterocycles. The number of rotatable bonds is 1. The zero-order chi connectivity index (χ0) is 7.56. The molecule has 3 N–H and O–H groups in total. The van der Waals surface area contributed by atoms with Gasteiger partial charge in [0.25, 0.3) is 0 Å². The van der Waals surface area contributed by atoms with E-state index in [0.29, 0.717) is 0 Å². The predicted molar refractivity (Wildman–Crippen MR) is 33.6 cm³/mol. The number of carbonyl (C=O) groups is 1. The fraction of sp³-hybridized carbons (Fsp3) is 0.800. The van der Waals surface area contributed by atoms with Crippen molar-refractivity contribution in [3.63, 3.8) is 0 Å². The summed E-state index contributed by atoms with van der Waals surface area (Å²) in [5.41, 5.74) is 0. The van der Waals surface area contributed by atoms with Gasteiger partial charge in [-0.1, -0.05) is 0 Å². The van der Waals surface area contributed by atoms with Gasteiger partial charge >= 0.3 is 0 Å². The highest BCUT2D eigenvalue weighted by atomic mass is 19.1. The van der Waals surface area contributed by atoms with Gasteiger partial charge in [-0.05, 0) is 7.05 Å². The van der Waals surface area contributed by atoms with Crippen molar-refractivity contribution >= 4 is 5.91 Å². The fourth-order valence-corrected chi connectivity index (χ4v) is 0.820. The minimum atomic E-state index is -1.23. The zero-order valence-electron chi connectivity index (χ0n) is 5.65. The fourth-order valence-electron chi connectivity index (χ4n) is 0.820. The average Bonchev–Trinajstić information content (AvgIpc) is 1.85. The number of amides is 1. The Kier molecular flexibility index (Phi) is 2.18. The molecule has 0 radical (unpaired) electrons. The van der Waals surface area contributed by atoms with Crippen LogP contribution in [-0.2, 0) is 4.79 Å². The van der Waals surface area contributed by atoms with Crippen LogP contribution in [0.3, 0.4) is 0 Å². The first kappa shape index (κ1) is 7.43. The van der Waals surface area contributed by atoms with E-state index in [9.17, 15) is 9.18 Å². The predicted octanol–water partition coefficient (Wildman–Crippen LogP) is -1.11. The summed E-state index contributed by atoms with van der Waals surface area (Å²) in [6.07, 6.45) is -1.76. The number of carbonyl (C=O) groups excluding carboxylic acids is 1. The third-order valence-corrected chi connectivity index (χ3v) is 1.31. The Morgan fingerprint density at radius 1 is 1.80 bits per heavy atom. The largest absolute Gasteiger partial charge is 0.328 e. The molecule has 0 bridgehead atoms. The third kappa shape index (κ3) is 1.65. The van der Waals surface area contributed by atoms with Gasteiger partial charge in [-0.25, -0.2) is 4.39 Å². The maximum atomic E-state index is 12.5. The molecule has 0 aromatic carbocycles. The molecule has 0 saturated carbocycles. The van der Waals surface area contributed by atoms with E-state index in [1.807, 2.05) is 0 Å². The van der Waals surface area contributed by atoms with E-state index < -0.39 is 12.6 Å². The maximum absolute atomic E-state index is 12.5. The molecule has 1 aliphatic rings. The lowest BCUT2D eigenvalue weighted by atomic mass is 10.3. The van der Waals surface area contributed by atoms with Gasteiger partial charge in [-0.2, -0.15) is 0 Å². The van der Waals surface area contributed by atoms with Gasteiger partial charge in [0.2, 0.25) is 5.91 Å². The molecule has 5 heteroatoms. The second-order valence-electron chi connectivity index (χ2n) is 2.13. The van der Waals surface area contributed by atoms with Crippen LogP contribution >= 0.6 is 0 Å². The van der Waals surface area contributed by atoms with E-state index in [4.69, 9.17) is 0 Å². The summed E-state index contributed by atoms with van der Waals surface area (Å²) in [4.78, 5) is 10.6. The molecule has 10 heavy (non-hydrogen) atoms. The van der Waals surface area contributed by atoms with Crippen LogP contribution in [-0.4, -0.2) is 25.5 Å². The highest BCUT2D eigenvalue weighted by Crippen LogP contribution is 1.98. The van der Waals surface area contributed by atoms with Gasteiger partial charge in [-0.3, -0.25) is 15.4 Å². The van der Waals surface area contributed by atoms with Crippen molar-refractivity contribution in [2.45, 2.75) is 19.0 Å². The molecule has 2 unspecified atom stereocenters. The topological polar surface area (TPSA) is 53.2 Å². The van der Waals surface area contributed by atoms with Gasteiger partial charge in [0.1, 0.15) is 6.29 Å². The van der Waals surface area contributed by atoms with Crippen LogP contribution in [0, 0.1) is 0 Å². The molecule has 58 valence electrons. The Labute approximate surface area is 58.2 Å². The summed E-state index contributed by atoms with van der Waals surface area (Å²) in [6, 6.07) is 0. The first-order chi connectivity index (χ1) is 4.72. The molecule has 1 fully saturated rings. The van der Waals surface area contributed by atoms with Crippen molar-refractivity contribution in [1.29, 1.82) is 0 Å². The quantitative estimate of drug-likeness (QED) is 0.412. The maximum Gasteiger partial charge on any atom is 0.226 e. The first-order valence-corrected chi connectivity index (χ1v) is 3.09. The Hall–Kier alpha value is -0.680. The molecule has 1 saturated heterocycles. The smallest absolute Gasteiger partial charge is 0.226 e. The SMILES string of the molecule is CNC1NC(=O)CC(F)N1. The molecule has 2 atom stereocenters. The van der Waals surface area contributed by atoms with Gasteiger partial charge < -0.3 is 5.32 Å². The summed E-state index contributed by atoms with van der Waals surface area (Å²) < 4.78 is 12.5. The lowest BCUT2D eigenvalue weighted by molar-refractivity contribution is -0.126. The second-order valence-corrected chi connectivity index (χ2v) is 2.13. The Morgan fingerprint density at radius 3 is 3.00 bits per heavy atom. The molecule has 1 amide bonds. The molecule has 0 aromatic rings. The number of hydrogen-bond donors (Lipinski definition) is 3. The number of halogens is 1. The minimum absolute atomic E-state index is 0.0990. The van der Waals surface area contributed by atoms with Crippen molar-refractivity contribution in [2.24, 2.45) is 0 Å². The molecule has 1 rings (SSSR count).